The Hall–Kier alpha value is -1.20. The first-order valence-corrected chi connectivity index (χ1v) is 9.00. The van der Waals surface area contributed by atoms with Gasteiger partial charge in [-0.3, -0.25) is 4.79 Å². The molecule has 0 spiro atoms. The van der Waals surface area contributed by atoms with Crippen molar-refractivity contribution in [2.75, 3.05) is 5.75 Å². The molecule has 1 aliphatic heterocycles. The Balaban J connectivity index is 1.66. The summed E-state index contributed by atoms with van der Waals surface area (Å²) in [5, 5.41) is 1.45. The summed E-state index contributed by atoms with van der Waals surface area (Å²) in [4.78, 5) is 22.2. The number of aromatic amines is 1. The molecule has 1 aromatic carbocycles. The van der Waals surface area contributed by atoms with E-state index in [1.54, 1.807) is 0 Å². The van der Waals surface area contributed by atoms with Gasteiger partial charge in [0.2, 0.25) is 5.91 Å². The monoisotopic (exact) mass is 337 g/mol. The fourth-order valence-corrected chi connectivity index (χ4v) is 4.07. The highest BCUT2D eigenvalue weighted by molar-refractivity contribution is 7.99. The molecule has 3 rings (SSSR count). The molecule has 1 aliphatic rings. The normalized spacial score (nSPS) is 22.2. The molecule has 2 heterocycles. The van der Waals surface area contributed by atoms with E-state index in [4.69, 9.17) is 11.6 Å². The Kier molecular flexibility index (Phi) is 4.64. The second-order valence-corrected chi connectivity index (χ2v) is 7.32. The predicted octanol–water partition coefficient (Wildman–Crippen LogP) is 4.10. The molecule has 4 nitrogen and oxygen atoms in total. The molecular weight excluding hydrogens is 318 g/mol. The van der Waals surface area contributed by atoms with Crippen LogP contribution in [0.5, 0.6) is 0 Å². The van der Waals surface area contributed by atoms with Gasteiger partial charge < -0.3 is 9.88 Å². The average Bonchev–Trinajstić information content (AvgIpc) is 2.87. The molecule has 1 fully saturated rings. The minimum Gasteiger partial charge on any atom is -0.337 e. The van der Waals surface area contributed by atoms with Crippen LogP contribution in [0, 0.1) is 0 Å². The standard InChI is InChI=1S/C16H20ClN3OS/c1-10-4-3-5-11(2)20(10)15(21)9-22-16-18-13-7-6-12(17)8-14(13)19-16/h6-8,10-11H,3-5,9H2,1-2H3,(H,18,19)/t10-,11-/m1/s1. The quantitative estimate of drug-likeness (QED) is 0.858. The van der Waals surface area contributed by atoms with Crippen LogP contribution in [0.2, 0.25) is 5.02 Å². The summed E-state index contributed by atoms with van der Waals surface area (Å²) >= 11 is 7.43. The van der Waals surface area contributed by atoms with Crippen molar-refractivity contribution in [2.24, 2.45) is 0 Å². The van der Waals surface area contributed by atoms with E-state index in [1.165, 1.54) is 18.2 Å². The van der Waals surface area contributed by atoms with Crippen molar-refractivity contribution in [1.29, 1.82) is 0 Å². The Morgan fingerprint density at radius 3 is 2.86 bits per heavy atom. The second-order valence-electron chi connectivity index (χ2n) is 5.92. The fourth-order valence-electron chi connectivity index (χ4n) is 3.14. The SMILES string of the molecule is C[C@@H]1CCC[C@@H](C)N1C(=O)CSc1nc2ccc(Cl)cc2[nH]1. The van der Waals surface area contributed by atoms with Crippen molar-refractivity contribution >= 4 is 40.3 Å². The van der Waals surface area contributed by atoms with E-state index in [-0.39, 0.29) is 5.91 Å². The lowest BCUT2D eigenvalue weighted by molar-refractivity contribution is -0.134. The molecule has 0 unspecified atom stereocenters. The topological polar surface area (TPSA) is 49.0 Å². The lowest BCUT2D eigenvalue weighted by Gasteiger charge is -2.39. The van der Waals surface area contributed by atoms with Crippen LogP contribution in [0.4, 0.5) is 0 Å². The Bertz CT molecular complexity index is 677. The third kappa shape index (κ3) is 3.25. The van der Waals surface area contributed by atoms with Gasteiger partial charge in [-0.15, -0.1) is 0 Å². The molecule has 1 amide bonds. The van der Waals surface area contributed by atoms with Crippen molar-refractivity contribution in [3.63, 3.8) is 0 Å². The molecular formula is C16H20ClN3OS. The molecule has 1 N–H and O–H groups in total. The van der Waals surface area contributed by atoms with Gasteiger partial charge >= 0.3 is 0 Å². The number of aromatic nitrogens is 2. The van der Waals surface area contributed by atoms with E-state index in [2.05, 4.69) is 23.8 Å². The summed E-state index contributed by atoms with van der Waals surface area (Å²) in [7, 11) is 0. The van der Waals surface area contributed by atoms with Crippen molar-refractivity contribution in [3.05, 3.63) is 23.2 Å². The van der Waals surface area contributed by atoms with Gasteiger partial charge in [0.15, 0.2) is 5.16 Å². The van der Waals surface area contributed by atoms with Crippen LogP contribution in [0.25, 0.3) is 11.0 Å². The van der Waals surface area contributed by atoms with Crippen LogP contribution < -0.4 is 0 Å². The number of imidazole rings is 1. The Morgan fingerprint density at radius 1 is 1.41 bits per heavy atom. The largest absolute Gasteiger partial charge is 0.337 e. The highest BCUT2D eigenvalue weighted by Crippen LogP contribution is 2.26. The maximum absolute atomic E-state index is 12.5. The number of likely N-dealkylation sites (tertiary alicyclic amines) is 1. The number of nitrogens with one attached hydrogen (secondary N) is 1. The number of hydrogen-bond donors (Lipinski definition) is 1. The zero-order valence-electron chi connectivity index (χ0n) is 12.8. The first-order valence-electron chi connectivity index (χ1n) is 7.64. The molecule has 2 aromatic rings. The first kappa shape index (κ1) is 15.7. The predicted molar refractivity (Wildman–Crippen MR) is 91.4 cm³/mol. The number of benzene rings is 1. The fraction of sp³-hybridized carbons (Fsp3) is 0.500. The molecule has 1 saturated heterocycles. The molecule has 0 radical (unpaired) electrons. The summed E-state index contributed by atoms with van der Waals surface area (Å²) in [5.41, 5.74) is 1.78. The number of thioether (sulfide) groups is 1. The highest BCUT2D eigenvalue weighted by Gasteiger charge is 2.28. The van der Waals surface area contributed by atoms with Crippen LogP contribution in [0.3, 0.4) is 0 Å². The number of carbonyl (C=O) groups is 1. The average molecular weight is 338 g/mol. The number of H-pyrrole nitrogens is 1. The zero-order valence-corrected chi connectivity index (χ0v) is 14.4. The molecule has 1 aromatic heterocycles. The minimum atomic E-state index is 0.197. The van der Waals surface area contributed by atoms with E-state index in [9.17, 15) is 4.79 Å². The smallest absolute Gasteiger partial charge is 0.233 e. The van der Waals surface area contributed by atoms with Crippen LogP contribution in [-0.4, -0.2) is 38.6 Å². The van der Waals surface area contributed by atoms with E-state index >= 15 is 0 Å². The lowest BCUT2D eigenvalue weighted by Crippen LogP contribution is -2.48. The molecule has 22 heavy (non-hydrogen) atoms. The van der Waals surface area contributed by atoms with Crippen molar-refractivity contribution in [2.45, 2.75) is 50.4 Å². The lowest BCUT2D eigenvalue weighted by atomic mass is 9.98. The van der Waals surface area contributed by atoms with Gasteiger partial charge in [0.25, 0.3) is 0 Å². The maximum atomic E-state index is 12.5. The molecule has 0 aliphatic carbocycles. The number of halogens is 1. The van der Waals surface area contributed by atoms with E-state index in [0.717, 1.165) is 29.0 Å². The third-order valence-corrected chi connectivity index (χ3v) is 5.33. The second kappa shape index (κ2) is 6.50. The van der Waals surface area contributed by atoms with Crippen LogP contribution >= 0.6 is 23.4 Å². The van der Waals surface area contributed by atoms with Gasteiger partial charge in [-0.05, 0) is 51.3 Å². The van der Waals surface area contributed by atoms with Crippen molar-refractivity contribution in [1.82, 2.24) is 14.9 Å². The number of fused-ring (bicyclic) bond motifs is 1. The first-order chi connectivity index (χ1) is 10.5. The van der Waals surface area contributed by atoms with E-state index < -0.39 is 0 Å². The minimum absolute atomic E-state index is 0.197. The van der Waals surface area contributed by atoms with E-state index in [1.807, 2.05) is 23.1 Å². The van der Waals surface area contributed by atoms with Crippen LogP contribution in [-0.2, 0) is 4.79 Å². The number of amides is 1. The van der Waals surface area contributed by atoms with E-state index in [0.29, 0.717) is 22.9 Å². The number of hydrogen-bond acceptors (Lipinski definition) is 3. The van der Waals surface area contributed by atoms with Gasteiger partial charge in [0, 0.05) is 17.1 Å². The van der Waals surface area contributed by atoms with Crippen molar-refractivity contribution < 1.29 is 4.79 Å². The summed E-state index contributed by atoms with van der Waals surface area (Å²) < 4.78 is 0. The summed E-state index contributed by atoms with van der Waals surface area (Å²) in [6, 6.07) is 6.23. The summed E-state index contributed by atoms with van der Waals surface area (Å²) in [5.74, 6) is 0.616. The Labute approximate surface area is 139 Å². The number of rotatable bonds is 3. The molecule has 0 bridgehead atoms. The highest BCUT2D eigenvalue weighted by atomic mass is 35.5. The zero-order chi connectivity index (χ0) is 15.7. The van der Waals surface area contributed by atoms with Crippen LogP contribution in [0.15, 0.2) is 23.4 Å². The summed E-state index contributed by atoms with van der Waals surface area (Å²) in [6.07, 6.45) is 3.41. The maximum Gasteiger partial charge on any atom is 0.233 e. The molecule has 6 heteroatoms. The summed E-state index contributed by atoms with van der Waals surface area (Å²) in [6.45, 7) is 4.28. The van der Waals surface area contributed by atoms with Gasteiger partial charge in [-0.25, -0.2) is 4.98 Å². The third-order valence-electron chi connectivity index (χ3n) is 4.24. The van der Waals surface area contributed by atoms with Gasteiger partial charge in [0.1, 0.15) is 0 Å². The molecule has 118 valence electrons. The molecule has 0 saturated carbocycles. The molecule has 2 atom stereocenters. The Morgan fingerprint density at radius 2 is 2.14 bits per heavy atom. The number of carbonyl (C=O) groups excluding carboxylic acids is 1. The van der Waals surface area contributed by atoms with Gasteiger partial charge in [-0.1, -0.05) is 23.4 Å². The number of piperidine rings is 1. The van der Waals surface area contributed by atoms with Gasteiger partial charge in [0.05, 0.1) is 16.8 Å². The number of nitrogens with zero attached hydrogens (tertiary/aromatic N) is 2. The van der Waals surface area contributed by atoms with Gasteiger partial charge in [-0.2, -0.15) is 0 Å². The van der Waals surface area contributed by atoms with Crippen LogP contribution in [0.1, 0.15) is 33.1 Å². The van der Waals surface area contributed by atoms with Crippen molar-refractivity contribution in [3.8, 4) is 0 Å².